The molecule has 80 valence electrons. The van der Waals surface area contributed by atoms with Gasteiger partial charge in [0.25, 0.3) is 0 Å². The van der Waals surface area contributed by atoms with Crippen LogP contribution in [0.3, 0.4) is 0 Å². The van der Waals surface area contributed by atoms with Crippen molar-refractivity contribution in [1.29, 1.82) is 0 Å². The van der Waals surface area contributed by atoms with Crippen LogP contribution in [0.5, 0.6) is 0 Å². The molecule has 0 atom stereocenters. The highest BCUT2D eigenvalue weighted by Crippen LogP contribution is 2.50. The molecule has 2 heterocycles. The second-order valence-corrected chi connectivity index (χ2v) is 6.89. The van der Waals surface area contributed by atoms with Gasteiger partial charge in [-0.2, -0.15) is 0 Å². The van der Waals surface area contributed by atoms with Crippen LogP contribution in [-0.4, -0.2) is 17.8 Å². The van der Waals surface area contributed by atoms with Crippen LogP contribution >= 0.6 is 27.7 Å². The average Bonchev–Trinajstić information content (AvgIpc) is 2.56. The molecule has 0 amide bonds. The Labute approximate surface area is 103 Å². The lowest BCUT2D eigenvalue weighted by atomic mass is 9.90. The molecule has 0 aromatic heterocycles. The maximum absolute atomic E-state index is 3.55. The van der Waals surface area contributed by atoms with Crippen molar-refractivity contribution in [2.24, 2.45) is 0 Å². The largest absolute Gasteiger partial charge is 0.317 e. The molecule has 1 aromatic rings. The van der Waals surface area contributed by atoms with Crippen molar-refractivity contribution in [3.05, 3.63) is 28.2 Å². The number of hydrogen-bond donors (Lipinski definition) is 1. The van der Waals surface area contributed by atoms with Gasteiger partial charge in [0, 0.05) is 14.1 Å². The van der Waals surface area contributed by atoms with Crippen molar-refractivity contribution in [3.63, 3.8) is 0 Å². The van der Waals surface area contributed by atoms with Gasteiger partial charge in [0.15, 0.2) is 0 Å². The summed E-state index contributed by atoms with van der Waals surface area (Å²) in [6.45, 7) is 2.37. The smallest absolute Gasteiger partial charge is 0.0272 e. The van der Waals surface area contributed by atoms with Crippen LogP contribution in [0.4, 0.5) is 0 Å². The van der Waals surface area contributed by atoms with E-state index in [9.17, 15) is 0 Å². The van der Waals surface area contributed by atoms with Crippen LogP contribution in [0, 0.1) is 0 Å². The van der Waals surface area contributed by atoms with Crippen molar-refractivity contribution in [2.45, 2.75) is 28.9 Å². The lowest BCUT2D eigenvalue weighted by Gasteiger charge is -2.32. The summed E-state index contributed by atoms with van der Waals surface area (Å²) in [4.78, 5) is 1.49. The van der Waals surface area contributed by atoms with Gasteiger partial charge in [-0.3, -0.25) is 0 Å². The maximum Gasteiger partial charge on any atom is 0.0272 e. The van der Waals surface area contributed by atoms with E-state index < -0.39 is 0 Å². The van der Waals surface area contributed by atoms with E-state index in [2.05, 4.69) is 51.2 Å². The molecule has 3 heteroatoms. The van der Waals surface area contributed by atoms with Gasteiger partial charge >= 0.3 is 0 Å². The first-order valence-electron chi connectivity index (χ1n) is 5.46. The lowest BCUT2D eigenvalue weighted by molar-refractivity contribution is 0.417. The standard InChI is InChI=1S/C12H14BrNS/c13-10-2-1-9-8-12(15-11(9)7-10)3-5-14-6-4-12/h1-2,7,14H,3-6,8H2. The van der Waals surface area contributed by atoms with Crippen molar-refractivity contribution in [3.8, 4) is 0 Å². The van der Waals surface area contributed by atoms with Gasteiger partial charge in [0.05, 0.1) is 0 Å². The van der Waals surface area contributed by atoms with Crippen LogP contribution in [-0.2, 0) is 6.42 Å². The molecule has 0 radical (unpaired) electrons. The molecule has 1 N–H and O–H groups in total. The SMILES string of the molecule is Brc1ccc2c(c1)SC1(CCNCC1)C2. The van der Waals surface area contributed by atoms with Gasteiger partial charge in [0.2, 0.25) is 0 Å². The molecule has 0 saturated carbocycles. The minimum atomic E-state index is 0.508. The molecule has 1 nitrogen and oxygen atoms in total. The van der Waals surface area contributed by atoms with Crippen molar-refractivity contribution in [2.75, 3.05) is 13.1 Å². The highest BCUT2D eigenvalue weighted by atomic mass is 79.9. The maximum atomic E-state index is 3.55. The molecule has 2 aliphatic heterocycles. The van der Waals surface area contributed by atoms with Gasteiger partial charge in [-0.05, 0) is 50.0 Å². The summed E-state index contributed by atoms with van der Waals surface area (Å²) in [5, 5.41) is 3.45. The lowest BCUT2D eigenvalue weighted by Crippen LogP contribution is -2.39. The second-order valence-electron chi connectivity index (χ2n) is 4.46. The Morgan fingerprint density at radius 1 is 1.27 bits per heavy atom. The summed E-state index contributed by atoms with van der Waals surface area (Å²) < 4.78 is 1.72. The number of thioether (sulfide) groups is 1. The van der Waals surface area contributed by atoms with Crippen LogP contribution in [0.25, 0.3) is 0 Å². The Hall–Kier alpha value is 0.01000. The number of hydrogen-bond acceptors (Lipinski definition) is 2. The van der Waals surface area contributed by atoms with Crippen molar-refractivity contribution >= 4 is 27.7 Å². The third-order valence-corrected chi connectivity index (χ3v) is 5.46. The van der Waals surface area contributed by atoms with Crippen LogP contribution in [0.15, 0.2) is 27.6 Å². The predicted molar refractivity (Wildman–Crippen MR) is 68.5 cm³/mol. The van der Waals surface area contributed by atoms with E-state index in [0.29, 0.717) is 4.75 Å². The summed E-state index contributed by atoms with van der Waals surface area (Å²) in [5.74, 6) is 0. The molecular formula is C12H14BrNS. The number of nitrogens with one attached hydrogen (secondary N) is 1. The summed E-state index contributed by atoms with van der Waals surface area (Å²) in [6.07, 6.45) is 3.88. The van der Waals surface area contributed by atoms with E-state index in [1.807, 2.05) is 0 Å². The second kappa shape index (κ2) is 3.79. The van der Waals surface area contributed by atoms with Gasteiger partial charge < -0.3 is 5.32 Å². The number of piperidine rings is 1. The fourth-order valence-electron chi connectivity index (χ4n) is 2.55. The Bertz CT molecular complexity index is 385. The van der Waals surface area contributed by atoms with E-state index in [0.717, 1.165) is 0 Å². The normalized spacial score (nSPS) is 23.0. The quantitative estimate of drug-likeness (QED) is 0.785. The Balaban J connectivity index is 1.90. The summed E-state index contributed by atoms with van der Waals surface area (Å²) in [5.41, 5.74) is 1.55. The first-order valence-corrected chi connectivity index (χ1v) is 7.07. The number of rotatable bonds is 0. The third-order valence-electron chi connectivity index (χ3n) is 3.38. The highest BCUT2D eigenvalue weighted by molar-refractivity contribution is 9.10. The number of halogens is 1. The summed E-state index contributed by atoms with van der Waals surface area (Å²) >= 11 is 5.66. The van der Waals surface area contributed by atoms with Gasteiger partial charge in [-0.15, -0.1) is 11.8 Å². The van der Waals surface area contributed by atoms with Gasteiger partial charge in [0.1, 0.15) is 0 Å². The monoisotopic (exact) mass is 283 g/mol. The fourth-order valence-corrected chi connectivity index (χ4v) is 4.62. The highest BCUT2D eigenvalue weighted by Gasteiger charge is 2.38. The first-order chi connectivity index (χ1) is 7.27. The molecule has 1 spiro atoms. The van der Waals surface area contributed by atoms with Crippen molar-refractivity contribution in [1.82, 2.24) is 5.32 Å². The molecular weight excluding hydrogens is 270 g/mol. The molecule has 0 aliphatic carbocycles. The van der Waals surface area contributed by atoms with E-state index in [4.69, 9.17) is 0 Å². The molecule has 1 saturated heterocycles. The molecule has 1 fully saturated rings. The summed E-state index contributed by atoms with van der Waals surface area (Å²) in [7, 11) is 0. The van der Waals surface area contributed by atoms with Crippen LogP contribution in [0.2, 0.25) is 0 Å². The van der Waals surface area contributed by atoms with Crippen LogP contribution < -0.4 is 5.32 Å². The Morgan fingerprint density at radius 3 is 2.87 bits per heavy atom. The van der Waals surface area contributed by atoms with Crippen molar-refractivity contribution < 1.29 is 0 Å². The minimum absolute atomic E-state index is 0.508. The first kappa shape index (κ1) is 10.2. The van der Waals surface area contributed by atoms with E-state index in [1.165, 1.54) is 41.7 Å². The minimum Gasteiger partial charge on any atom is -0.317 e. The molecule has 0 unspecified atom stereocenters. The Morgan fingerprint density at radius 2 is 2.07 bits per heavy atom. The molecule has 2 aliphatic rings. The van der Waals surface area contributed by atoms with E-state index in [-0.39, 0.29) is 0 Å². The van der Waals surface area contributed by atoms with Crippen LogP contribution in [0.1, 0.15) is 18.4 Å². The van der Waals surface area contributed by atoms with E-state index >= 15 is 0 Å². The molecule has 3 rings (SSSR count). The van der Waals surface area contributed by atoms with E-state index in [1.54, 1.807) is 5.56 Å². The zero-order valence-corrected chi connectivity index (χ0v) is 11.0. The topological polar surface area (TPSA) is 12.0 Å². The third kappa shape index (κ3) is 1.85. The molecule has 1 aromatic carbocycles. The zero-order chi connectivity index (χ0) is 10.3. The predicted octanol–water partition coefficient (Wildman–Crippen LogP) is 3.22. The number of fused-ring (bicyclic) bond motifs is 1. The number of benzene rings is 1. The molecule has 0 bridgehead atoms. The fraction of sp³-hybridized carbons (Fsp3) is 0.500. The Kier molecular flexibility index (Phi) is 2.57. The summed E-state index contributed by atoms with van der Waals surface area (Å²) in [6, 6.07) is 6.72. The van der Waals surface area contributed by atoms with Gasteiger partial charge in [-0.1, -0.05) is 22.0 Å². The molecule has 15 heavy (non-hydrogen) atoms. The average molecular weight is 284 g/mol. The van der Waals surface area contributed by atoms with Gasteiger partial charge in [-0.25, -0.2) is 0 Å². The zero-order valence-electron chi connectivity index (χ0n) is 8.55.